The van der Waals surface area contributed by atoms with Gasteiger partial charge in [-0.1, -0.05) is 11.6 Å². The number of carbonyl (C=O) groups is 1. The average molecular weight is 330 g/mol. The lowest BCUT2D eigenvalue weighted by atomic mass is 10.1. The number of fused-ring (bicyclic) bond motifs is 1. The molecule has 21 heavy (non-hydrogen) atoms. The molecule has 3 N–H and O–H groups in total. The average Bonchev–Trinajstić information content (AvgIpc) is 2.93. The summed E-state index contributed by atoms with van der Waals surface area (Å²) in [5.74, 6) is -0.690. The van der Waals surface area contributed by atoms with Crippen molar-refractivity contribution >= 4 is 44.5 Å². The fraction of sp³-hybridized carbons (Fsp3) is 0.364. The van der Waals surface area contributed by atoms with Crippen LogP contribution < -0.4 is 10.0 Å². The highest BCUT2D eigenvalue weighted by Crippen LogP contribution is 2.27. The predicted molar refractivity (Wildman–Crippen MR) is 77.3 cm³/mol. The number of hydrogen-bond donors (Lipinski definition) is 2. The zero-order chi connectivity index (χ0) is 15.2. The van der Waals surface area contributed by atoms with E-state index in [2.05, 4.69) is 15.0 Å². The molecule has 1 amide bonds. The van der Waals surface area contributed by atoms with Crippen LogP contribution in [0.4, 0.5) is 5.95 Å². The minimum absolute atomic E-state index is 0.0974. The minimum atomic E-state index is -3.62. The van der Waals surface area contributed by atoms with Gasteiger partial charge in [-0.15, -0.1) is 0 Å². The lowest BCUT2D eigenvalue weighted by Gasteiger charge is -2.14. The molecule has 0 bridgehead atoms. The van der Waals surface area contributed by atoms with E-state index in [1.165, 1.54) is 4.90 Å². The van der Waals surface area contributed by atoms with Crippen molar-refractivity contribution in [3.63, 3.8) is 0 Å². The van der Waals surface area contributed by atoms with Crippen molar-refractivity contribution in [2.45, 2.75) is 6.42 Å². The summed E-state index contributed by atoms with van der Waals surface area (Å²) in [6.07, 6.45) is 1.77. The van der Waals surface area contributed by atoms with Gasteiger partial charge < -0.3 is 4.98 Å². The highest BCUT2D eigenvalue weighted by molar-refractivity contribution is 7.89. The van der Waals surface area contributed by atoms with Crippen LogP contribution in [0.1, 0.15) is 6.42 Å². The summed E-state index contributed by atoms with van der Waals surface area (Å²) in [6, 6.07) is 1.73. The first-order valence-electron chi connectivity index (χ1n) is 6.15. The van der Waals surface area contributed by atoms with Crippen LogP contribution in [-0.2, 0) is 14.8 Å². The third kappa shape index (κ3) is 2.85. The third-order valence-corrected chi connectivity index (χ3v) is 4.50. The molecule has 3 heterocycles. The van der Waals surface area contributed by atoms with Crippen molar-refractivity contribution in [1.82, 2.24) is 15.0 Å². The van der Waals surface area contributed by atoms with E-state index in [-0.39, 0.29) is 41.6 Å². The number of aromatic nitrogens is 3. The molecule has 1 aliphatic rings. The van der Waals surface area contributed by atoms with E-state index in [9.17, 15) is 13.2 Å². The van der Waals surface area contributed by atoms with Gasteiger partial charge in [0.2, 0.25) is 21.9 Å². The SMILES string of the molecule is NS(=O)(=O)CC1CC(=O)N(c2nc(Cl)c3cc[nH]c3n2)C1. The number of carbonyl (C=O) groups excluding carboxylic acids is 1. The first kappa shape index (κ1) is 14.2. The number of amides is 1. The van der Waals surface area contributed by atoms with Crippen molar-refractivity contribution in [2.24, 2.45) is 11.1 Å². The molecule has 0 spiro atoms. The number of nitrogens with zero attached hydrogens (tertiary/aromatic N) is 3. The van der Waals surface area contributed by atoms with Crippen LogP contribution in [-0.4, -0.2) is 41.6 Å². The zero-order valence-corrected chi connectivity index (χ0v) is 12.4. The van der Waals surface area contributed by atoms with Crippen molar-refractivity contribution in [3.8, 4) is 0 Å². The van der Waals surface area contributed by atoms with Gasteiger partial charge in [-0.3, -0.25) is 9.69 Å². The van der Waals surface area contributed by atoms with Gasteiger partial charge in [0.05, 0.1) is 11.1 Å². The molecule has 1 saturated heterocycles. The Morgan fingerprint density at radius 3 is 2.95 bits per heavy atom. The molecule has 0 saturated carbocycles. The summed E-state index contributed by atoms with van der Waals surface area (Å²) in [5, 5.41) is 5.91. The van der Waals surface area contributed by atoms with E-state index in [1.807, 2.05) is 0 Å². The van der Waals surface area contributed by atoms with E-state index in [4.69, 9.17) is 16.7 Å². The molecule has 112 valence electrons. The van der Waals surface area contributed by atoms with Gasteiger partial charge in [-0.05, 0) is 6.07 Å². The van der Waals surface area contributed by atoms with E-state index in [0.29, 0.717) is 11.0 Å². The number of aromatic amines is 1. The summed E-state index contributed by atoms with van der Waals surface area (Å²) in [4.78, 5) is 24.6. The third-order valence-electron chi connectivity index (χ3n) is 3.27. The number of halogens is 1. The Bertz CT molecular complexity index is 818. The first-order valence-corrected chi connectivity index (χ1v) is 8.24. The molecule has 3 rings (SSSR count). The maximum Gasteiger partial charge on any atom is 0.235 e. The number of hydrogen-bond acceptors (Lipinski definition) is 5. The van der Waals surface area contributed by atoms with Crippen LogP contribution in [0.3, 0.4) is 0 Å². The number of nitrogens with one attached hydrogen (secondary N) is 1. The molecule has 0 aliphatic carbocycles. The van der Waals surface area contributed by atoms with Crippen LogP contribution in [0.2, 0.25) is 5.15 Å². The molecule has 1 atom stereocenters. The van der Waals surface area contributed by atoms with Gasteiger partial charge in [0.25, 0.3) is 0 Å². The number of rotatable bonds is 3. The van der Waals surface area contributed by atoms with Gasteiger partial charge in [0.1, 0.15) is 10.8 Å². The monoisotopic (exact) mass is 329 g/mol. The number of H-pyrrole nitrogens is 1. The zero-order valence-electron chi connectivity index (χ0n) is 10.8. The molecule has 1 unspecified atom stereocenters. The van der Waals surface area contributed by atoms with Gasteiger partial charge >= 0.3 is 0 Å². The largest absolute Gasteiger partial charge is 0.346 e. The molecule has 1 aliphatic heterocycles. The Balaban J connectivity index is 1.90. The summed E-state index contributed by atoms with van der Waals surface area (Å²) >= 11 is 6.05. The summed E-state index contributed by atoms with van der Waals surface area (Å²) < 4.78 is 22.2. The standard InChI is InChI=1S/C11H12ClN5O3S/c12-9-7-1-2-14-10(7)16-11(15-9)17-4-6(3-8(17)18)5-21(13,19)20/h1-2,6H,3-5H2,(H2,13,19,20)(H,14,15,16). The van der Waals surface area contributed by atoms with E-state index >= 15 is 0 Å². The first-order chi connectivity index (χ1) is 9.83. The molecule has 8 nitrogen and oxygen atoms in total. The fourth-order valence-corrected chi connectivity index (χ4v) is 3.54. The number of nitrogens with two attached hydrogens (primary N) is 1. The number of anilines is 1. The topological polar surface area (TPSA) is 122 Å². The van der Waals surface area contributed by atoms with E-state index < -0.39 is 10.0 Å². The van der Waals surface area contributed by atoms with Gasteiger partial charge in [-0.2, -0.15) is 9.97 Å². The smallest absolute Gasteiger partial charge is 0.235 e. The second-order valence-corrected chi connectivity index (χ2v) is 6.98. The van der Waals surface area contributed by atoms with Gasteiger partial charge in [0, 0.05) is 25.1 Å². The van der Waals surface area contributed by atoms with Crippen LogP contribution in [0, 0.1) is 5.92 Å². The molecule has 2 aromatic rings. The Hall–Kier alpha value is -1.71. The lowest BCUT2D eigenvalue weighted by molar-refractivity contribution is -0.117. The quantitative estimate of drug-likeness (QED) is 0.782. The lowest BCUT2D eigenvalue weighted by Crippen LogP contribution is -2.28. The predicted octanol–water partition coefficient (Wildman–Crippen LogP) is 0.253. The molecule has 0 radical (unpaired) electrons. The minimum Gasteiger partial charge on any atom is -0.346 e. The Morgan fingerprint density at radius 2 is 2.24 bits per heavy atom. The Morgan fingerprint density at radius 1 is 1.48 bits per heavy atom. The number of sulfonamides is 1. The molecule has 0 aromatic carbocycles. The van der Waals surface area contributed by atoms with Crippen LogP contribution in [0.15, 0.2) is 12.3 Å². The molecule has 1 fully saturated rings. The highest BCUT2D eigenvalue weighted by Gasteiger charge is 2.34. The Labute approximate surface area is 125 Å². The van der Waals surface area contributed by atoms with E-state index in [1.54, 1.807) is 12.3 Å². The molecule has 10 heteroatoms. The molecular weight excluding hydrogens is 318 g/mol. The van der Waals surface area contributed by atoms with Gasteiger partial charge in [-0.25, -0.2) is 13.6 Å². The van der Waals surface area contributed by atoms with Crippen LogP contribution in [0.5, 0.6) is 0 Å². The second-order valence-electron chi connectivity index (χ2n) is 4.96. The summed E-state index contributed by atoms with van der Waals surface area (Å²) in [6.45, 7) is 0.206. The summed E-state index contributed by atoms with van der Waals surface area (Å²) in [5.41, 5.74) is 0.521. The molecular formula is C11H12ClN5O3S. The Kier molecular flexibility index (Phi) is 3.34. The summed E-state index contributed by atoms with van der Waals surface area (Å²) in [7, 11) is -3.62. The maximum atomic E-state index is 12.0. The van der Waals surface area contributed by atoms with Crippen molar-refractivity contribution in [2.75, 3.05) is 17.2 Å². The van der Waals surface area contributed by atoms with E-state index in [0.717, 1.165) is 0 Å². The molecule has 2 aromatic heterocycles. The van der Waals surface area contributed by atoms with Crippen LogP contribution in [0.25, 0.3) is 11.0 Å². The van der Waals surface area contributed by atoms with Crippen molar-refractivity contribution in [1.29, 1.82) is 0 Å². The van der Waals surface area contributed by atoms with Crippen molar-refractivity contribution < 1.29 is 13.2 Å². The van der Waals surface area contributed by atoms with Crippen molar-refractivity contribution in [3.05, 3.63) is 17.4 Å². The number of primary sulfonamides is 1. The van der Waals surface area contributed by atoms with Crippen LogP contribution >= 0.6 is 11.6 Å². The van der Waals surface area contributed by atoms with Gasteiger partial charge in [0.15, 0.2) is 0 Å². The maximum absolute atomic E-state index is 12.0. The fourth-order valence-electron chi connectivity index (χ4n) is 2.43. The second kappa shape index (κ2) is 4.93. The highest BCUT2D eigenvalue weighted by atomic mass is 35.5. The normalized spacial score (nSPS) is 19.6.